The Morgan fingerprint density at radius 1 is 1.05 bits per heavy atom. The normalized spacial score (nSPS) is 10.1. The van der Waals surface area contributed by atoms with Gasteiger partial charge in [-0.2, -0.15) is 0 Å². The van der Waals surface area contributed by atoms with Gasteiger partial charge in [-0.3, -0.25) is 0 Å². The fourth-order valence-electron chi connectivity index (χ4n) is 1.95. The average molecular weight is 297 g/mol. The number of nitrogens with zero attached hydrogens (tertiary/aromatic N) is 6. The number of rotatable bonds is 3. The minimum atomic E-state index is 0.339. The number of hydrogen-bond acceptors (Lipinski definition) is 3. The second-order valence-electron chi connectivity index (χ2n) is 4.21. The van der Waals surface area contributed by atoms with Gasteiger partial charge in [0.15, 0.2) is 5.82 Å². The largest absolute Gasteiger partial charge is 0.210 e. The van der Waals surface area contributed by atoms with Gasteiger partial charge in [-0.1, -0.05) is 47.1 Å². The zero-order valence-corrected chi connectivity index (χ0v) is 11.5. The Morgan fingerprint density at radius 3 is 2.43 bits per heavy atom. The van der Waals surface area contributed by atoms with Crippen molar-refractivity contribution in [3.8, 4) is 16.9 Å². The highest BCUT2D eigenvalue weighted by molar-refractivity contribution is 6.30. The molecule has 6 nitrogen and oxygen atoms in total. The summed E-state index contributed by atoms with van der Waals surface area (Å²) in [7, 11) is 0. The number of hydrogen-bond donors (Lipinski definition) is 0. The molecule has 0 aliphatic carbocycles. The molecule has 0 saturated heterocycles. The molecule has 102 valence electrons. The maximum Gasteiger partial charge on any atom is 0.158 e. The molecule has 0 N–H and O–H groups in total. The fraction of sp³-hybridized carbons (Fsp3) is 0. The molecular formula is C14H9ClN6. The van der Waals surface area contributed by atoms with E-state index >= 15 is 0 Å². The van der Waals surface area contributed by atoms with Crippen molar-refractivity contribution in [3.63, 3.8) is 0 Å². The number of para-hydroxylation sites is 1. The van der Waals surface area contributed by atoms with Crippen LogP contribution in [0.5, 0.6) is 0 Å². The molecule has 3 aromatic rings. The topological polar surface area (TPSA) is 79.5 Å². The van der Waals surface area contributed by atoms with Crippen LogP contribution in [0.15, 0.2) is 59.7 Å². The third-order valence-electron chi connectivity index (χ3n) is 2.90. The summed E-state index contributed by atoms with van der Waals surface area (Å²) in [6, 6.07) is 16.5. The molecule has 0 spiro atoms. The van der Waals surface area contributed by atoms with E-state index in [1.54, 1.807) is 24.3 Å². The Bertz CT molecular complexity index is 803. The van der Waals surface area contributed by atoms with Crippen LogP contribution in [0.25, 0.3) is 27.4 Å². The van der Waals surface area contributed by atoms with E-state index < -0.39 is 0 Å². The molecule has 0 fully saturated rings. The van der Waals surface area contributed by atoms with Gasteiger partial charge in [0.25, 0.3) is 0 Å². The highest BCUT2D eigenvalue weighted by Crippen LogP contribution is 2.30. The molecule has 0 aliphatic heterocycles. The molecule has 3 rings (SSSR count). The summed E-state index contributed by atoms with van der Waals surface area (Å²) < 4.78 is 1.50. The van der Waals surface area contributed by atoms with Gasteiger partial charge in [0.2, 0.25) is 0 Å². The smallest absolute Gasteiger partial charge is 0.158 e. The van der Waals surface area contributed by atoms with Crippen molar-refractivity contribution in [1.82, 2.24) is 15.0 Å². The Balaban J connectivity index is 2.17. The van der Waals surface area contributed by atoms with Crippen molar-refractivity contribution in [2.45, 2.75) is 0 Å². The zero-order valence-electron chi connectivity index (χ0n) is 10.8. The van der Waals surface area contributed by atoms with Gasteiger partial charge < -0.3 is 0 Å². The Kier molecular flexibility index (Phi) is 3.55. The molecule has 21 heavy (non-hydrogen) atoms. The standard InChI is InChI=1S/C14H9ClN6/c15-11-8-6-10(7-9-11)13-14(18-19-16)21(20-17-13)12-4-2-1-3-5-12/h1-9H. The molecule has 1 aromatic heterocycles. The van der Waals surface area contributed by atoms with E-state index in [4.69, 9.17) is 17.1 Å². The molecule has 0 bridgehead atoms. The second-order valence-corrected chi connectivity index (χ2v) is 4.64. The van der Waals surface area contributed by atoms with E-state index in [2.05, 4.69) is 20.3 Å². The molecule has 0 radical (unpaired) electrons. The summed E-state index contributed by atoms with van der Waals surface area (Å²) in [5, 5.41) is 12.5. The fourth-order valence-corrected chi connectivity index (χ4v) is 2.07. The highest BCUT2D eigenvalue weighted by Gasteiger charge is 2.14. The Labute approximate surface area is 125 Å². The van der Waals surface area contributed by atoms with Crippen LogP contribution in [0.1, 0.15) is 0 Å². The van der Waals surface area contributed by atoms with Gasteiger partial charge >= 0.3 is 0 Å². The summed E-state index contributed by atoms with van der Waals surface area (Å²) in [6.07, 6.45) is 0. The lowest BCUT2D eigenvalue weighted by atomic mass is 10.1. The lowest BCUT2D eigenvalue weighted by Gasteiger charge is -2.03. The number of aromatic nitrogens is 3. The van der Waals surface area contributed by atoms with E-state index in [0.717, 1.165) is 11.3 Å². The lowest BCUT2D eigenvalue weighted by molar-refractivity contribution is 0.804. The van der Waals surface area contributed by atoms with E-state index in [1.165, 1.54) is 4.68 Å². The van der Waals surface area contributed by atoms with Crippen molar-refractivity contribution in [3.05, 3.63) is 70.1 Å². The maximum atomic E-state index is 8.79. The van der Waals surface area contributed by atoms with E-state index in [-0.39, 0.29) is 0 Å². The average Bonchev–Trinajstić information content (AvgIpc) is 2.93. The highest BCUT2D eigenvalue weighted by atomic mass is 35.5. The molecule has 7 heteroatoms. The van der Waals surface area contributed by atoms with Crippen LogP contribution in [0.4, 0.5) is 5.82 Å². The van der Waals surface area contributed by atoms with Crippen LogP contribution in [0.3, 0.4) is 0 Å². The summed E-state index contributed by atoms with van der Waals surface area (Å²) in [6.45, 7) is 0. The van der Waals surface area contributed by atoms with E-state index in [9.17, 15) is 0 Å². The molecule has 0 atom stereocenters. The van der Waals surface area contributed by atoms with Crippen molar-refractivity contribution >= 4 is 17.4 Å². The summed E-state index contributed by atoms with van der Waals surface area (Å²) in [5.74, 6) is 0.339. The third kappa shape index (κ3) is 2.58. The minimum absolute atomic E-state index is 0.339. The van der Waals surface area contributed by atoms with Crippen LogP contribution < -0.4 is 0 Å². The van der Waals surface area contributed by atoms with Gasteiger partial charge in [0.05, 0.1) is 5.69 Å². The first kappa shape index (κ1) is 13.2. The number of benzene rings is 2. The van der Waals surface area contributed by atoms with Crippen molar-refractivity contribution in [2.24, 2.45) is 5.11 Å². The first-order chi connectivity index (χ1) is 10.3. The van der Waals surface area contributed by atoms with Crippen LogP contribution in [-0.2, 0) is 0 Å². The summed E-state index contributed by atoms with van der Waals surface area (Å²) in [5.41, 5.74) is 10.9. The molecule has 0 amide bonds. The van der Waals surface area contributed by atoms with E-state index in [0.29, 0.717) is 16.5 Å². The van der Waals surface area contributed by atoms with Crippen molar-refractivity contribution in [2.75, 3.05) is 0 Å². The predicted octanol–water partition coefficient (Wildman–Crippen LogP) is 4.53. The first-order valence-electron chi connectivity index (χ1n) is 6.12. The van der Waals surface area contributed by atoms with Crippen LogP contribution in [0, 0.1) is 0 Å². The van der Waals surface area contributed by atoms with Gasteiger partial charge in [-0.05, 0) is 34.9 Å². The second kappa shape index (κ2) is 5.66. The molecule has 0 saturated carbocycles. The summed E-state index contributed by atoms with van der Waals surface area (Å²) in [4.78, 5) is 2.87. The first-order valence-corrected chi connectivity index (χ1v) is 6.49. The van der Waals surface area contributed by atoms with Gasteiger partial charge in [-0.25, -0.2) is 4.68 Å². The predicted molar refractivity (Wildman–Crippen MR) is 80.6 cm³/mol. The van der Waals surface area contributed by atoms with Crippen LogP contribution >= 0.6 is 11.6 Å². The molecular weight excluding hydrogens is 288 g/mol. The van der Waals surface area contributed by atoms with Gasteiger partial charge in [0, 0.05) is 15.5 Å². The van der Waals surface area contributed by atoms with Crippen LogP contribution in [-0.4, -0.2) is 15.0 Å². The molecule has 0 aliphatic rings. The lowest BCUT2D eigenvalue weighted by Crippen LogP contribution is -1.95. The minimum Gasteiger partial charge on any atom is -0.210 e. The number of halogens is 1. The monoisotopic (exact) mass is 296 g/mol. The van der Waals surface area contributed by atoms with Gasteiger partial charge in [0.1, 0.15) is 5.69 Å². The SMILES string of the molecule is [N-]=[N+]=Nc1c(-c2ccc(Cl)cc2)nnn1-c1ccccc1. The number of azide groups is 1. The van der Waals surface area contributed by atoms with Crippen molar-refractivity contribution in [1.29, 1.82) is 0 Å². The third-order valence-corrected chi connectivity index (χ3v) is 3.16. The maximum absolute atomic E-state index is 8.79. The van der Waals surface area contributed by atoms with Crippen molar-refractivity contribution < 1.29 is 0 Å². The quantitative estimate of drug-likeness (QED) is 0.404. The molecule has 0 unspecified atom stereocenters. The molecule has 1 heterocycles. The Morgan fingerprint density at radius 2 is 1.76 bits per heavy atom. The molecule has 2 aromatic carbocycles. The van der Waals surface area contributed by atoms with Crippen LogP contribution in [0.2, 0.25) is 5.02 Å². The zero-order chi connectivity index (χ0) is 14.7. The Hall–Kier alpha value is -2.82. The van der Waals surface area contributed by atoms with Gasteiger partial charge in [-0.15, -0.1) is 5.10 Å². The summed E-state index contributed by atoms with van der Waals surface area (Å²) >= 11 is 5.88. The van der Waals surface area contributed by atoms with E-state index in [1.807, 2.05) is 30.3 Å².